The van der Waals surface area contributed by atoms with E-state index in [2.05, 4.69) is 10.6 Å². The molecule has 0 bridgehead atoms. The van der Waals surface area contributed by atoms with Crippen molar-refractivity contribution in [1.29, 1.82) is 0 Å². The van der Waals surface area contributed by atoms with Crippen LogP contribution < -0.4 is 15.4 Å². The van der Waals surface area contributed by atoms with E-state index in [1.165, 1.54) is 16.2 Å². The molecule has 0 saturated carbocycles. The smallest absolute Gasteiger partial charge is 0.341 e. The van der Waals surface area contributed by atoms with E-state index in [9.17, 15) is 9.59 Å². The molecule has 30 heavy (non-hydrogen) atoms. The first-order valence-electron chi connectivity index (χ1n) is 10.2. The lowest BCUT2D eigenvalue weighted by Crippen LogP contribution is -2.34. The molecular weight excluding hydrogens is 420 g/mol. The zero-order valence-corrected chi connectivity index (χ0v) is 18.8. The molecular formula is C22H26N2O4S2. The zero-order chi connectivity index (χ0) is 21.5. The van der Waals surface area contributed by atoms with E-state index in [0.717, 1.165) is 43.4 Å². The lowest BCUT2D eigenvalue weighted by Gasteiger charge is -2.13. The number of carbonyl (C=O) groups excluding carboxylic acids is 2. The molecule has 6 nitrogen and oxygen atoms in total. The van der Waals surface area contributed by atoms with Crippen molar-refractivity contribution < 1.29 is 19.1 Å². The van der Waals surface area contributed by atoms with Gasteiger partial charge in [-0.1, -0.05) is 6.92 Å². The molecule has 2 N–H and O–H groups in total. The van der Waals surface area contributed by atoms with Crippen LogP contribution in [-0.4, -0.2) is 30.2 Å². The summed E-state index contributed by atoms with van der Waals surface area (Å²) >= 11 is 6.84. The Labute approximate surface area is 186 Å². The summed E-state index contributed by atoms with van der Waals surface area (Å²) in [6.45, 7) is 4.76. The van der Waals surface area contributed by atoms with Gasteiger partial charge in [0.1, 0.15) is 10.8 Å². The molecule has 160 valence electrons. The van der Waals surface area contributed by atoms with Gasteiger partial charge in [0, 0.05) is 10.4 Å². The fraction of sp³-hybridized carbons (Fsp3) is 0.409. The molecule has 0 unspecified atom stereocenters. The Balaban J connectivity index is 1.69. The summed E-state index contributed by atoms with van der Waals surface area (Å²) in [5, 5.41) is 6.50. The molecule has 8 heteroatoms. The second-order valence-corrected chi connectivity index (χ2v) is 8.43. The molecule has 0 fully saturated rings. The number of hydrogen-bond acceptors (Lipinski definition) is 6. The highest BCUT2D eigenvalue weighted by atomic mass is 32.1. The zero-order valence-electron chi connectivity index (χ0n) is 17.2. The van der Waals surface area contributed by atoms with Crippen molar-refractivity contribution in [2.24, 2.45) is 0 Å². The minimum atomic E-state index is -0.351. The van der Waals surface area contributed by atoms with Crippen molar-refractivity contribution in [3.05, 3.63) is 45.8 Å². The maximum atomic E-state index is 12.5. The standard InChI is InChI=1S/C22H26N2O4S2/c1-3-13-28-15-11-9-14(10-12-15)19(25)23-22(29)24-20-18(21(26)27-4-2)16-7-5-6-8-17(16)30-20/h9-12H,3-8,13H2,1-2H3,(H2,23,24,25,29). The fourth-order valence-electron chi connectivity index (χ4n) is 3.31. The van der Waals surface area contributed by atoms with Crippen molar-refractivity contribution in [3.63, 3.8) is 0 Å². The molecule has 3 rings (SSSR count). The highest BCUT2D eigenvalue weighted by Crippen LogP contribution is 2.38. The Morgan fingerprint density at radius 3 is 2.57 bits per heavy atom. The molecule has 1 aliphatic rings. The van der Waals surface area contributed by atoms with E-state index in [1.807, 2.05) is 6.92 Å². The molecule has 0 saturated heterocycles. The van der Waals surface area contributed by atoms with Crippen molar-refractivity contribution in [1.82, 2.24) is 5.32 Å². The lowest BCUT2D eigenvalue weighted by molar-refractivity contribution is 0.0526. The van der Waals surface area contributed by atoms with Crippen LogP contribution in [0.15, 0.2) is 24.3 Å². The summed E-state index contributed by atoms with van der Waals surface area (Å²) in [6, 6.07) is 6.90. The SMILES string of the molecule is CCCOc1ccc(C(=O)NC(=S)Nc2sc3c(c2C(=O)OCC)CCCC3)cc1. The molecule has 1 aromatic heterocycles. The van der Waals surface area contributed by atoms with Crippen molar-refractivity contribution >= 4 is 45.5 Å². The number of rotatable bonds is 7. The first-order chi connectivity index (χ1) is 14.5. The Hall–Kier alpha value is -2.45. The van der Waals surface area contributed by atoms with Gasteiger partial charge in [-0.3, -0.25) is 10.1 Å². The number of thiocarbonyl (C=S) groups is 1. The number of aryl methyl sites for hydroxylation is 1. The topological polar surface area (TPSA) is 76.7 Å². The maximum Gasteiger partial charge on any atom is 0.341 e. The fourth-order valence-corrected chi connectivity index (χ4v) is 4.85. The number of anilines is 1. The second kappa shape index (κ2) is 10.5. The predicted octanol–water partition coefficient (Wildman–Crippen LogP) is 4.72. The summed E-state index contributed by atoms with van der Waals surface area (Å²) in [4.78, 5) is 26.2. The monoisotopic (exact) mass is 446 g/mol. The van der Waals surface area contributed by atoms with Crippen LogP contribution in [0.25, 0.3) is 0 Å². The van der Waals surface area contributed by atoms with E-state index in [1.54, 1.807) is 31.2 Å². The van der Waals surface area contributed by atoms with Crippen LogP contribution in [0.5, 0.6) is 5.75 Å². The Bertz CT molecular complexity index is 922. The first kappa shape index (κ1) is 22.2. The minimum Gasteiger partial charge on any atom is -0.494 e. The molecule has 0 spiro atoms. The van der Waals surface area contributed by atoms with Crippen molar-refractivity contribution in [3.8, 4) is 5.75 Å². The van der Waals surface area contributed by atoms with Crippen LogP contribution in [0.2, 0.25) is 0 Å². The molecule has 1 aliphatic carbocycles. The van der Waals surface area contributed by atoms with Gasteiger partial charge in [-0.2, -0.15) is 0 Å². The van der Waals surface area contributed by atoms with Gasteiger partial charge in [-0.05, 0) is 81.1 Å². The van der Waals surface area contributed by atoms with Crippen LogP contribution in [0.1, 0.15) is 64.3 Å². The average molecular weight is 447 g/mol. The van der Waals surface area contributed by atoms with Crippen LogP contribution >= 0.6 is 23.6 Å². The van der Waals surface area contributed by atoms with E-state index in [-0.39, 0.29) is 17.0 Å². The van der Waals surface area contributed by atoms with Crippen molar-refractivity contribution in [2.45, 2.75) is 46.0 Å². The number of amides is 1. The Kier molecular flexibility index (Phi) is 7.81. The van der Waals surface area contributed by atoms with E-state index < -0.39 is 0 Å². The van der Waals surface area contributed by atoms with Crippen LogP contribution in [0.4, 0.5) is 5.00 Å². The van der Waals surface area contributed by atoms with Gasteiger partial charge in [-0.15, -0.1) is 11.3 Å². The highest BCUT2D eigenvalue weighted by Gasteiger charge is 2.27. The first-order valence-corrected chi connectivity index (χ1v) is 11.4. The number of nitrogens with one attached hydrogen (secondary N) is 2. The number of carbonyl (C=O) groups is 2. The van der Waals surface area contributed by atoms with Gasteiger partial charge in [0.15, 0.2) is 5.11 Å². The molecule has 0 radical (unpaired) electrons. The molecule has 0 atom stereocenters. The van der Waals surface area contributed by atoms with E-state index in [4.69, 9.17) is 21.7 Å². The molecule has 1 heterocycles. The maximum absolute atomic E-state index is 12.5. The third-order valence-corrected chi connectivity index (χ3v) is 6.11. The predicted molar refractivity (Wildman–Crippen MR) is 123 cm³/mol. The van der Waals surface area contributed by atoms with Gasteiger partial charge in [0.25, 0.3) is 5.91 Å². The van der Waals surface area contributed by atoms with Gasteiger partial charge in [0.2, 0.25) is 0 Å². The van der Waals surface area contributed by atoms with E-state index in [0.29, 0.717) is 29.3 Å². The van der Waals surface area contributed by atoms with Gasteiger partial charge in [0.05, 0.1) is 18.8 Å². The quantitative estimate of drug-likeness (QED) is 0.473. The summed E-state index contributed by atoms with van der Waals surface area (Å²) < 4.78 is 10.8. The van der Waals surface area contributed by atoms with Gasteiger partial charge in [-0.25, -0.2) is 4.79 Å². The van der Waals surface area contributed by atoms with Crippen molar-refractivity contribution in [2.75, 3.05) is 18.5 Å². The number of ether oxygens (including phenoxy) is 2. The number of esters is 1. The summed E-state index contributed by atoms with van der Waals surface area (Å²) in [7, 11) is 0. The Morgan fingerprint density at radius 2 is 1.87 bits per heavy atom. The number of thiophene rings is 1. The summed E-state index contributed by atoms with van der Waals surface area (Å²) in [5.74, 6) is 0.0436. The average Bonchev–Trinajstić information content (AvgIpc) is 3.10. The lowest BCUT2D eigenvalue weighted by atomic mass is 9.95. The van der Waals surface area contributed by atoms with Gasteiger partial charge >= 0.3 is 5.97 Å². The van der Waals surface area contributed by atoms with Crippen LogP contribution in [0, 0.1) is 0 Å². The number of benzene rings is 1. The number of fused-ring (bicyclic) bond motifs is 1. The third kappa shape index (κ3) is 5.37. The summed E-state index contributed by atoms with van der Waals surface area (Å²) in [6.07, 6.45) is 4.87. The van der Waals surface area contributed by atoms with Crippen LogP contribution in [0.3, 0.4) is 0 Å². The van der Waals surface area contributed by atoms with Gasteiger partial charge < -0.3 is 14.8 Å². The molecule has 1 aromatic carbocycles. The highest BCUT2D eigenvalue weighted by molar-refractivity contribution is 7.80. The normalized spacial score (nSPS) is 12.6. The second-order valence-electron chi connectivity index (χ2n) is 6.92. The Morgan fingerprint density at radius 1 is 1.13 bits per heavy atom. The number of hydrogen-bond donors (Lipinski definition) is 2. The minimum absolute atomic E-state index is 0.149. The third-order valence-electron chi connectivity index (χ3n) is 4.69. The molecule has 1 amide bonds. The molecule has 2 aromatic rings. The summed E-state index contributed by atoms with van der Waals surface area (Å²) in [5.41, 5.74) is 2.06. The largest absolute Gasteiger partial charge is 0.494 e. The molecule has 0 aliphatic heterocycles. The van der Waals surface area contributed by atoms with E-state index >= 15 is 0 Å². The van der Waals surface area contributed by atoms with Crippen LogP contribution in [-0.2, 0) is 17.6 Å².